The number of amides is 1. The van der Waals surface area contributed by atoms with E-state index < -0.39 is 24.5 Å². The third-order valence-electron chi connectivity index (χ3n) is 2.28. The van der Waals surface area contributed by atoms with Crippen molar-refractivity contribution in [3.8, 4) is 0 Å². The molecule has 0 aromatic rings. The van der Waals surface area contributed by atoms with E-state index in [0.29, 0.717) is 12.8 Å². The molecule has 0 aliphatic rings. The molecule has 100 valence electrons. The number of rotatable bonds is 6. The molecule has 1 atom stereocenters. The molecular weight excluding hydrogens is 253 g/mol. The van der Waals surface area contributed by atoms with Gasteiger partial charge in [0.25, 0.3) is 0 Å². The summed E-state index contributed by atoms with van der Waals surface area (Å²) in [5.74, 6) is -1.43. The average molecular weight is 270 g/mol. The second-order valence-electron chi connectivity index (χ2n) is 3.71. The van der Waals surface area contributed by atoms with Crippen LogP contribution in [0.4, 0.5) is 13.2 Å². The molecule has 0 aromatic heterocycles. The number of nitrogens with zero attached hydrogens (tertiary/aromatic N) is 1. The Hall–Kier alpha value is -0.850. The Morgan fingerprint density at radius 1 is 1.41 bits per heavy atom. The maximum absolute atomic E-state index is 12.2. The van der Waals surface area contributed by atoms with Crippen LogP contribution in [0.1, 0.15) is 26.7 Å². The van der Waals surface area contributed by atoms with Gasteiger partial charge in [-0.25, -0.2) is 0 Å². The normalized spacial score (nSPS) is 13.2. The van der Waals surface area contributed by atoms with Crippen molar-refractivity contribution in [1.82, 2.24) is 4.90 Å². The van der Waals surface area contributed by atoms with E-state index in [1.54, 1.807) is 0 Å². The molecule has 17 heavy (non-hydrogen) atoms. The first-order valence-corrected chi connectivity index (χ1v) is 5.78. The topological polar surface area (TPSA) is 46.3 Å². The van der Waals surface area contributed by atoms with E-state index in [9.17, 15) is 18.0 Å². The molecule has 1 amide bonds. The number of nitrogens with two attached hydrogens (primary N) is 1. The number of alkyl halides is 3. The molecule has 0 aliphatic heterocycles. The van der Waals surface area contributed by atoms with E-state index in [1.807, 2.05) is 6.92 Å². The summed E-state index contributed by atoms with van der Waals surface area (Å²) in [7, 11) is 0. The number of hydrogen-bond donors (Lipinski definition) is 1. The summed E-state index contributed by atoms with van der Waals surface area (Å²) in [6.45, 7) is 2.04. The lowest BCUT2D eigenvalue weighted by molar-refractivity contribution is -0.162. The lowest BCUT2D eigenvalue weighted by atomic mass is 10.0. The largest absolute Gasteiger partial charge is 0.406 e. The van der Waals surface area contributed by atoms with Gasteiger partial charge >= 0.3 is 6.18 Å². The number of thiocarbonyl (C=S) groups is 1. The molecule has 3 nitrogen and oxygen atoms in total. The van der Waals surface area contributed by atoms with E-state index in [4.69, 9.17) is 18.0 Å². The lowest BCUT2D eigenvalue weighted by Crippen LogP contribution is -2.45. The second kappa shape index (κ2) is 6.78. The predicted octanol–water partition coefficient (Wildman–Crippen LogP) is 2.10. The Bertz CT molecular complexity index is 281. The van der Waals surface area contributed by atoms with Crippen molar-refractivity contribution in [1.29, 1.82) is 0 Å². The van der Waals surface area contributed by atoms with Gasteiger partial charge in [0, 0.05) is 6.54 Å². The highest BCUT2D eigenvalue weighted by molar-refractivity contribution is 7.80. The smallest absolute Gasteiger partial charge is 0.393 e. The molecule has 0 saturated heterocycles. The Morgan fingerprint density at radius 3 is 2.24 bits per heavy atom. The van der Waals surface area contributed by atoms with Crippen LogP contribution < -0.4 is 5.73 Å². The highest BCUT2D eigenvalue weighted by atomic mass is 32.1. The third kappa shape index (κ3) is 5.86. The van der Waals surface area contributed by atoms with Gasteiger partial charge in [-0.15, -0.1) is 0 Å². The highest BCUT2D eigenvalue weighted by Crippen LogP contribution is 2.19. The minimum atomic E-state index is -4.40. The van der Waals surface area contributed by atoms with Crippen LogP contribution in [0.25, 0.3) is 0 Å². The summed E-state index contributed by atoms with van der Waals surface area (Å²) < 4.78 is 36.7. The first kappa shape index (κ1) is 16.1. The SMILES string of the molecule is CCCC(C(=O)N(CC)CC(F)(F)F)C(N)=S. The van der Waals surface area contributed by atoms with Crippen LogP contribution in [-0.2, 0) is 4.79 Å². The molecular formula is C10H17F3N2OS. The molecule has 0 saturated carbocycles. The summed E-state index contributed by atoms with van der Waals surface area (Å²) in [6.07, 6.45) is -3.39. The molecule has 0 fully saturated rings. The summed E-state index contributed by atoms with van der Waals surface area (Å²) in [4.78, 5) is 12.5. The van der Waals surface area contributed by atoms with E-state index in [2.05, 4.69) is 0 Å². The molecule has 0 bridgehead atoms. The first-order chi connectivity index (χ1) is 7.72. The van der Waals surface area contributed by atoms with Crippen molar-refractivity contribution in [3.63, 3.8) is 0 Å². The average Bonchev–Trinajstić information content (AvgIpc) is 2.19. The Morgan fingerprint density at radius 2 is 1.94 bits per heavy atom. The molecule has 2 N–H and O–H groups in total. The van der Waals surface area contributed by atoms with Gasteiger partial charge in [0.15, 0.2) is 0 Å². The van der Waals surface area contributed by atoms with Gasteiger partial charge in [-0.1, -0.05) is 25.6 Å². The number of hydrogen-bond acceptors (Lipinski definition) is 2. The number of carbonyl (C=O) groups is 1. The van der Waals surface area contributed by atoms with Crippen LogP contribution in [0.3, 0.4) is 0 Å². The van der Waals surface area contributed by atoms with E-state index in [-0.39, 0.29) is 11.5 Å². The van der Waals surface area contributed by atoms with Crippen LogP contribution in [0.15, 0.2) is 0 Å². The predicted molar refractivity (Wildman–Crippen MR) is 63.5 cm³/mol. The van der Waals surface area contributed by atoms with Crippen molar-refractivity contribution < 1.29 is 18.0 Å². The number of carbonyl (C=O) groups excluding carboxylic acids is 1. The fourth-order valence-electron chi connectivity index (χ4n) is 1.46. The van der Waals surface area contributed by atoms with Gasteiger partial charge in [-0.2, -0.15) is 13.2 Å². The van der Waals surface area contributed by atoms with Gasteiger partial charge < -0.3 is 10.6 Å². The van der Waals surface area contributed by atoms with Crippen molar-refractivity contribution in [3.05, 3.63) is 0 Å². The minimum absolute atomic E-state index is 0.0127. The molecule has 1 unspecified atom stereocenters. The molecule has 7 heteroatoms. The third-order valence-corrected chi connectivity index (χ3v) is 2.57. The standard InChI is InChI=1S/C10H17F3N2OS/c1-3-5-7(8(14)17)9(16)15(4-2)6-10(11,12)13/h7H,3-6H2,1-2H3,(H2,14,17). The fourth-order valence-corrected chi connectivity index (χ4v) is 1.68. The first-order valence-electron chi connectivity index (χ1n) is 5.37. The Labute approximate surface area is 104 Å². The maximum Gasteiger partial charge on any atom is 0.406 e. The number of halogens is 3. The molecule has 0 aliphatic carbocycles. The molecule has 0 aromatic carbocycles. The van der Waals surface area contributed by atoms with Gasteiger partial charge in [-0.05, 0) is 13.3 Å². The monoisotopic (exact) mass is 270 g/mol. The zero-order valence-corrected chi connectivity index (χ0v) is 10.7. The van der Waals surface area contributed by atoms with Gasteiger partial charge in [0.2, 0.25) is 5.91 Å². The molecule has 0 radical (unpaired) electrons. The zero-order chi connectivity index (χ0) is 13.6. The fraction of sp³-hybridized carbons (Fsp3) is 0.800. The highest BCUT2D eigenvalue weighted by Gasteiger charge is 2.35. The second-order valence-corrected chi connectivity index (χ2v) is 4.18. The van der Waals surface area contributed by atoms with Crippen LogP contribution in [0.2, 0.25) is 0 Å². The van der Waals surface area contributed by atoms with Crippen LogP contribution in [0.5, 0.6) is 0 Å². The van der Waals surface area contributed by atoms with E-state index >= 15 is 0 Å². The lowest BCUT2D eigenvalue weighted by Gasteiger charge is -2.26. The zero-order valence-electron chi connectivity index (χ0n) is 9.88. The van der Waals surface area contributed by atoms with Gasteiger partial charge in [0.05, 0.1) is 10.9 Å². The van der Waals surface area contributed by atoms with Crippen LogP contribution >= 0.6 is 12.2 Å². The van der Waals surface area contributed by atoms with E-state index in [1.165, 1.54) is 6.92 Å². The van der Waals surface area contributed by atoms with Crippen LogP contribution in [-0.4, -0.2) is 35.1 Å². The van der Waals surface area contributed by atoms with Crippen molar-refractivity contribution in [2.45, 2.75) is 32.9 Å². The quantitative estimate of drug-likeness (QED) is 0.752. The molecule has 0 rings (SSSR count). The van der Waals surface area contributed by atoms with E-state index in [0.717, 1.165) is 4.90 Å². The molecule has 0 heterocycles. The van der Waals surface area contributed by atoms with Gasteiger partial charge in [-0.3, -0.25) is 4.79 Å². The maximum atomic E-state index is 12.2. The Kier molecular flexibility index (Phi) is 6.44. The van der Waals surface area contributed by atoms with Gasteiger partial charge in [0.1, 0.15) is 6.54 Å². The Balaban J connectivity index is 4.76. The van der Waals surface area contributed by atoms with Crippen molar-refractivity contribution >= 4 is 23.1 Å². The molecule has 0 spiro atoms. The minimum Gasteiger partial charge on any atom is -0.393 e. The summed E-state index contributed by atoms with van der Waals surface area (Å²) in [5.41, 5.74) is 5.38. The van der Waals surface area contributed by atoms with Crippen LogP contribution in [0, 0.1) is 5.92 Å². The summed E-state index contributed by atoms with van der Waals surface area (Å²) in [6, 6.07) is 0. The van der Waals surface area contributed by atoms with Crippen molar-refractivity contribution in [2.24, 2.45) is 11.7 Å². The van der Waals surface area contributed by atoms with Crippen molar-refractivity contribution in [2.75, 3.05) is 13.1 Å². The summed E-state index contributed by atoms with van der Waals surface area (Å²) in [5, 5.41) is 0. The summed E-state index contributed by atoms with van der Waals surface area (Å²) >= 11 is 4.72.